The van der Waals surface area contributed by atoms with E-state index in [1.807, 2.05) is 24.3 Å². The van der Waals surface area contributed by atoms with Gasteiger partial charge in [0, 0.05) is 22.6 Å². The van der Waals surface area contributed by atoms with Crippen molar-refractivity contribution in [2.24, 2.45) is 0 Å². The number of amides is 2. The van der Waals surface area contributed by atoms with Crippen molar-refractivity contribution in [3.8, 4) is 0 Å². The summed E-state index contributed by atoms with van der Waals surface area (Å²) in [5, 5.41) is 11.3. The number of aliphatic hydroxyl groups is 1. The quantitative estimate of drug-likeness (QED) is 0.823. The first-order valence-corrected chi connectivity index (χ1v) is 7.74. The fraction of sp³-hybridized carbons (Fsp3) is 0.333. The van der Waals surface area contributed by atoms with Gasteiger partial charge in [-0.2, -0.15) is 0 Å². The van der Waals surface area contributed by atoms with E-state index in [1.165, 1.54) is 4.90 Å². The van der Waals surface area contributed by atoms with E-state index in [0.29, 0.717) is 36.8 Å². The van der Waals surface area contributed by atoms with Crippen LogP contribution in [0.15, 0.2) is 36.4 Å². The Balaban J connectivity index is 1.82. The zero-order valence-corrected chi connectivity index (χ0v) is 12.2. The Hall–Kier alpha value is -2.20. The predicted molar refractivity (Wildman–Crippen MR) is 82.7 cm³/mol. The summed E-state index contributed by atoms with van der Waals surface area (Å²) in [5.41, 5.74) is 1.22. The first-order valence-electron chi connectivity index (χ1n) is 7.74. The van der Waals surface area contributed by atoms with Crippen LogP contribution >= 0.6 is 0 Å². The highest BCUT2D eigenvalue weighted by atomic mass is 16.3. The average molecular weight is 295 g/mol. The van der Waals surface area contributed by atoms with Crippen molar-refractivity contribution in [1.82, 2.24) is 4.90 Å². The Morgan fingerprint density at radius 1 is 0.864 bits per heavy atom. The summed E-state index contributed by atoms with van der Waals surface area (Å²) in [6, 6.07) is 11.1. The van der Waals surface area contributed by atoms with E-state index in [2.05, 4.69) is 0 Å². The summed E-state index contributed by atoms with van der Waals surface area (Å²) in [6.45, 7) is 0. The molecule has 1 heterocycles. The minimum Gasteiger partial charge on any atom is -0.393 e. The molecule has 1 N–H and O–H groups in total. The van der Waals surface area contributed by atoms with Crippen LogP contribution in [0, 0.1) is 0 Å². The molecule has 0 aromatic heterocycles. The number of hydrogen-bond acceptors (Lipinski definition) is 3. The molecular weight excluding hydrogens is 278 g/mol. The zero-order valence-electron chi connectivity index (χ0n) is 12.2. The molecule has 0 saturated heterocycles. The highest BCUT2D eigenvalue weighted by Crippen LogP contribution is 2.34. The minimum atomic E-state index is -0.304. The second-order valence-corrected chi connectivity index (χ2v) is 6.15. The van der Waals surface area contributed by atoms with Crippen LogP contribution in [-0.4, -0.2) is 34.0 Å². The van der Waals surface area contributed by atoms with Crippen LogP contribution in [0.25, 0.3) is 10.8 Å². The van der Waals surface area contributed by atoms with Crippen LogP contribution in [0.4, 0.5) is 0 Å². The first kappa shape index (κ1) is 13.5. The average Bonchev–Trinajstić information content (AvgIpc) is 2.54. The van der Waals surface area contributed by atoms with E-state index in [1.54, 1.807) is 12.1 Å². The Morgan fingerprint density at radius 2 is 1.41 bits per heavy atom. The molecule has 2 aliphatic rings. The third kappa shape index (κ3) is 1.87. The van der Waals surface area contributed by atoms with E-state index in [-0.39, 0.29) is 24.0 Å². The topological polar surface area (TPSA) is 57.6 Å². The summed E-state index contributed by atoms with van der Waals surface area (Å²) >= 11 is 0. The van der Waals surface area contributed by atoms with E-state index < -0.39 is 0 Å². The molecule has 1 aliphatic carbocycles. The standard InChI is InChI=1S/C18H17NO3/c20-13-9-7-12(8-10-13)19-17(21)14-5-1-3-11-4-2-6-15(16(11)14)18(19)22/h1-6,12-13,20H,7-10H2/t12-,13+. The van der Waals surface area contributed by atoms with Gasteiger partial charge in [-0.1, -0.05) is 24.3 Å². The third-order valence-electron chi connectivity index (χ3n) is 4.83. The third-order valence-corrected chi connectivity index (χ3v) is 4.83. The van der Waals surface area contributed by atoms with Gasteiger partial charge in [0.25, 0.3) is 11.8 Å². The van der Waals surface area contributed by atoms with Crippen LogP contribution in [0.2, 0.25) is 0 Å². The zero-order chi connectivity index (χ0) is 15.3. The van der Waals surface area contributed by atoms with Crippen molar-refractivity contribution in [3.63, 3.8) is 0 Å². The van der Waals surface area contributed by atoms with Crippen LogP contribution < -0.4 is 0 Å². The van der Waals surface area contributed by atoms with Crippen LogP contribution in [0.1, 0.15) is 46.4 Å². The summed E-state index contributed by atoms with van der Waals surface area (Å²) in [6.07, 6.45) is 2.34. The number of hydrogen-bond donors (Lipinski definition) is 1. The highest BCUT2D eigenvalue weighted by Gasteiger charge is 2.38. The molecule has 0 bridgehead atoms. The fourth-order valence-corrected chi connectivity index (χ4v) is 3.70. The lowest BCUT2D eigenvalue weighted by molar-refractivity contribution is 0.0408. The largest absolute Gasteiger partial charge is 0.393 e. The van der Waals surface area contributed by atoms with Gasteiger partial charge in [0.05, 0.1) is 6.10 Å². The maximum atomic E-state index is 12.8. The Bertz CT molecular complexity index is 724. The van der Waals surface area contributed by atoms with Crippen LogP contribution in [-0.2, 0) is 0 Å². The summed E-state index contributed by atoms with van der Waals surface area (Å²) in [7, 11) is 0. The minimum absolute atomic E-state index is 0.105. The number of rotatable bonds is 1. The SMILES string of the molecule is O=C1c2cccc3cccc(c23)C(=O)N1[C@H]1CC[C@@H](O)CC1. The lowest BCUT2D eigenvalue weighted by Crippen LogP contribution is -2.48. The number of carbonyl (C=O) groups is 2. The molecule has 0 spiro atoms. The molecule has 2 aromatic carbocycles. The molecule has 4 rings (SSSR count). The van der Waals surface area contributed by atoms with Crippen molar-refractivity contribution < 1.29 is 14.7 Å². The molecule has 2 aromatic rings. The molecule has 4 heteroatoms. The number of aliphatic hydroxyl groups excluding tert-OH is 1. The van der Waals surface area contributed by atoms with Gasteiger partial charge >= 0.3 is 0 Å². The lowest BCUT2D eigenvalue weighted by atomic mass is 9.88. The van der Waals surface area contributed by atoms with Gasteiger partial charge in [0.1, 0.15) is 0 Å². The van der Waals surface area contributed by atoms with Crippen molar-refractivity contribution in [3.05, 3.63) is 47.5 Å². The Kier molecular flexibility index (Phi) is 3.01. The normalized spacial score (nSPS) is 24.9. The highest BCUT2D eigenvalue weighted by molar-refractivity contribution is 6.25. The number of imide groups is 1. The van der Waals surface area contributed by atoms with Gasteiger partial charge in [-0.3, -0.25) is 14.5 Å². The van der Waals surface area contributed by atoms with Crippen molar-refractivity contribution >= 4 is 22.6 Å². The van der Waals surface area contributed by atoms with Crippen LogP contribution in [0.5, 0.6) is 0 Å². The van der Waals surface area contributed by atoms with Gasteiger partial charge in [0.2, 0.25) is 0 Å². The van der Waals surface area contributed by atoms with E-state index in [4.69, 9.17) is 0 Å². The number of carbonyl (C=O) groups excluding carboxylic acids is 2. The van der Waals surface area contributed by atoms with Crippen LogP contribution in [0.3, 0.4) is 0 Å². The van der Waals surface area contributed by atoms with Crippen molar-refractivity contribution in [1.29, 1.82) is 0 Å². The predicted octanol–water partition coefficient (Wildman–Crippen LogP) is 2.74. The molecule has 1 saturated carbocycles. The smallest absolute Gasteiger partial charge is 0.261 e. The maximum absolute atomic E-state index is 12.8. The van der Waals surface area contributed by atoms with Gasteiger partial charge in [-0.05, 0) is 43.2 Å². The molecule has 4 nitrogen and oxygen atoms in total. The van der Waals surface area contributed by atoms with Gasteiger partial charge < -0.3 is 5.11 Å². The van der Waals surface area contributed by atoms with Gasteiger partial charge in [-0.15, -0.1) is 0 Å². The molecule has 22 heavy (non-hydrogen) atoms. The monoisotopic (exact) mass is 295 g/mol. The maximum Gasteiger partial charge on any atom is 0.261 e. The van der Waals surface area contributed by atoms with Gasteiger partial charge in [-0.25, -0.2) is 0 Å². The molecule has 0 unspecified atom stereocenters. The second kappa shape index (κ2) is 4.92. The van der Waals surface area contributed by atoms with Gasteiger partial charge in [0.15, 0.2) is 0 Å². The molecule has 1 fully saturated rings. The molecule has 2 amide bonds. The fourth-order valence-electron chi connectivity index (χ4n) is 3.70. The molecule has 112 valence electrons. The molecule has 0 radical (unpaired) electrons. The summed E-state index contributed by atoms with van der Waals surface area (Å²) < 4.78 is 0. The Labute approximate surface area is 128 Å². The Morgan fingerprint density at radius 3 is 1.95 bits per heavy atom. The lowest BCUT2D eigenvalue weighted by Gasteiger charge is -2.36. The van der Waals surface area contributed by atoms with Crippen molar-refractivity contribution in [2.45, 2.75) is 37.8 Å². The molecular formula is C18H17NO3. The molecule has 1 aliphatic heterocycles. The van der Waals surface area contributed by atoms with E-state index in [0.717, 1.165) is 10.8 Å². The summed E-state index contributed by atoms with van der Waals surface area (Å²) in [4.78, 5) is 27.1. The second-order valence-electron chi connectivity index (χ2n) is 6.15. The van der Waals surface area contributed by atoms with Crippen molar-refractivity contribution in [2.75, 3.05) is 0 Å². The summed E-state index contributed by atoms with van der Waals surface area (Å²) in [5.74, 6) is -0.397. The van der Waals surface area contributed by atoms with E-state index in [9.17, 15) is 14.7 Å². The number of nitrogens with zero attached hydrogens (tertiary/aromatic N) is 1. The first-order chi connectivity index (χ1) is 10.7. The molecule has 0 atom stereocenters. The number of benzene rings is 2. The van der Waals surface area contributed by atoms with E-state index >= 15 is 0 Å².